The number of halogens is 3. The highest BCUT2D eigenvalue weighted by atomic mass is 35.5. The van der Waals surface area contributed by atoms with E-state index >= 15 is 0 Å². The number of esters is 1. The number of hydrogen-bond acceptors (Lipinski definition) is 6. The van der Waals surface area contributed by atoms with E-state index in [0.717, 1.165) is 0 Å². The Morgan fingerprint density at radius 1 is 0.889 bits per heavy atom. The number of benzene rings is 3. The Morgan fingerprint density at radius 2 is 1.50 bits per heavy atom. The quantitative estimate of drug-likeness (QED) is 0.235. The summed E-state index contributed by atoms with van der Waals surface area (Å²) in [5.74, 6) is -0.914. The third kappa shape index (κ3) is 5.71. The number of aromatic amines is 1. The first kappa shape index (κ1) is 25.3. The molecule has 0 bridgehead atoms. The fourth-order valence-corrected chi connectivity index (χ4v) is 3.96. The number of methoxy groups -OCH3 is 1. The number of nitrogens with zero attached hydrogens (tertiary/aromatic N) is 1. The highest BCUT2D eigenvalue weighted by molar-refractivity contribution is 6.39. The second-order valence-corrected chi connectivity index (χ2v) is 8.61. The number of hydrogen-bond donors (Lipinski definition) is 3. The highest BCUT2D eigenvalue weighted by Crippen LogP contribution is 2.37. The molecular weight excluding hydrogens is 531 g/mol. The van der Waals surface area contributed by atoms with Crippen molar-refractivity contribution in [2.75, 3.05) is 13.7 Å². The molecule has 3 aromatic carbocycles. The number of H-pyrrole nitrogens is 1. The maximum atomic E-state index is 12.6. The average Bonchev–Trinajstić information content (AvgIpc) is 3.28. The van der Waals surface area contributed by atoms with E-state index in [-0.39, 0.29) is 28.0 Å². The fourth-order valence-electron chi connectivity index (χ4n) is 3.19. The molecule has 36 heavy (non-hydrogen) atoms. The van der Waals surface area contributed by atoms with Crippen LogP contribution >= 0.6 is 34.8 Å². The maximum absolute atomic E-state index is 12.6. The lowest BCUT2D eigenvalue weighted by atomic mass is 10.2. The Kier molecular flexibility index (Phi) is 7.64. The summed E-state index contributed by atoms with van der Waals surface area (Å²) in [6.07, 6.45) is 0. The van der Waals surface area contributed by atoms with Crippen molar-refractivity contribution in [3.8, 4) is 17.1 Å². The van der Waals surface area contributed by atoms with Crippen molar-refractivity contribution in [1.29, 1.82) is 0 Å². The van der Waals surface area contributed by atoms with Crippen molar-refractivity contribution in [3.05, 3.63) is 80.8 Å². The molecule has 1 aromatic heterocycles. The fraction of sp³-hybridized carbons (Fsp3) is 0.0833. The first-order valence-electron chi connectivity index (χ1n) is 10.3. The van der Waals surface area contributed by atoms with Crippen molar-refractivity contribution in [1.82, 2.24) is 20.8 Å². The van der Waals surface area contributed by atoms with E-state index in [1.165, 1.54) is 31.4 Å². The Hall–Kier alpha value is -3.79. The molecule has 0 radical (unpaired) electrons. The van der Waals surface area contributed by atoms with Gasteiger partial charge in [0.2, 0.25) is 0 Å². The molecule has 12 heteroatoms. The number of carbonyl (C=O) groups is 3. The van der Waals surface area contributed by atoms with Crippen LogP contribution in [0.2, 0.25) is 15.1 Å². The van der Waals surface area contributed by atoms with Gasteiger partial charge in [-0.3, -0.25) is 20.4 Å². The Balaban J connectivity index is 1.50. The van der Waals surface area contributed by atoms with Crippen LogP contribution in [0, 0.1) is 0 Å². The number of fused-ring (bicyclic) bond motifs is 1. The van der Waals surface area contributed by atoms with E-state index in [0.29, 0.717) is 33.0 Å². The van der Waals surface area contributed by atoms with Gasteiger partial charge in [-0.25, -0.2) is 9.78 Å². The molecule has 0 fully saturated rings. The summed E-state index contributed by atoms with van der Waals surface area (Å²) in [7, 11) is 1.25. The summed E-state index contributed by atoms with van der Waals surface area (Å²) in [6.45, 7) is -0.294. The molecule has 0 spiro atoms. The van der Waals surface area contributed by atoms with E-state index in [2.05, 4.69) is 25.6 Å². The van der Waals surface area contributed by atoms with Crippen LogP contribution in [0.15, 0.2) is 54.6 Å². The normalized spacial score (nSPS) is 10.7. The van der Waals surface area contributed by atoms with Crippen molar-refractivity contribution in [2.24, 2.45) is 0 Å². The van der Waals surface area contributed by atoms with Gasteiger partial charge in [0, 0.05) is 16.1 Å². The van der Waals surface area contributed by atoms with Crippen LogP contribution < -0.4 is 15.6 Å². The molecule has 0 saturated heterocycles. The van der Waals surface area contributed by atoms with Crippen molar-refractivity contribution in [3.63, 3.8) is 0 Å². The molecule has 4 rings (SSSR count). The minimum atomic E-state index is -0.548. The van der Waals surface area contributed by atoms with E-state index in [1.807, 2.05) is 0 Å². The van der Waals surface area contributed by atoms with Gasteiger partial charge < -0.3 is 14.5 Å². The summed E-state index contributed by atoms with van der Waals surface area (Å²) < 4.78 is 9.87. The highest BCUT2D eigenvalue weighted by Gasteiger charge is 2.17. The summed E-state index contributed by atoms with van der Waals surface area (Å²) in [5.41, 5.74) is 6.85. The van der Waals surface area contributed by atoms with E-state index < -0.39 is 17.8 Å². The molecule has 0 aliphatic carbocycles. The standard InChI is InChI=1S/C24H17Cl3N4O5/c1-35-20(32)11-36-15-9-16(26)21(17(27)10-15)22-28-18-7-4-13(8-19(18)29-22)24(34)31-30-23(33)12-2-5-14(25)6-3-12/h2-10H,11H2,1H3,(H,28,29)(H,30,33)(H,31,34). The summed E-state index contributed by atoms with van der Waals surface area (Å²) >= 11 is 18.6. The first-order valence-corrected chi connectivity index (χ1v) is 11.4. The van der Waals surface area contributed by atoms with E-state index in [4.69, 9.17) is 39.5 Å². The molecule has 2 amide bonds. The zero-order chi connectivity index (χ0) is 25.8. The molecule has 0 unspecified atom stereocenters. The van der Waals surface area contributed by atoms with Crippen LogP contribution in [-0.4, -0.2) is 41.5 Å². The van der Waals surface area contributed by atoms with Gasteiger partial charge in [0.15, 0.2) is 6.61 Å². The minimum absolute atomic E-state index is 0.240. The molecule has 184 valence electrons. The molecule has 0 aliphatic heterocycles. The summed E-state index contributed by atoms with van der Waals surface area (Å²) in [4.78, 5) is 43.6. The predicted molar refractivity (Wildman–Crippen MR) is 135 cm³/mol. The van der Waals surface area contributed by atoms with Crippen LogP contribution in [0.3, 0.4) is 0 Å². The largest absolute Gasteiger partial charge is 0.482 e. The van der Waals surface area contributed by atoms with Gasteiger partial charge in [-0.1, -0.05) is 34.8 Å². The van der Waals surface area contributed by atoms with Gasteiger partial charge in [-0.05, 0) is 54.6 Å². The molecule has 3 N–H and O–H groups in total. The zero-order valence-electron chi connectivity index (χ0n) is 18.5. The molecule has 0 aliphatic rings. The lowest BCUT2D eigenvalue weighted by Gasteiger charge is -2.09. The van der Waals surface area contributed by atoms with Gasteiger partial charge in [-0.2, -0.15) is 0 Å². The molecule has 1 heterocycles. The Bertz CT molecular complexity index is 1450. The average molecular weight is 548 g/mol. The lowest BCUT2D eigenvalue weighted by molar-refractivity contribution is -0.142. The van der Waals surface area contributed by atoms with E-state index in [9.17, 15) is 14.4 Å². The van der Waals surface area contributed by atoms with Crippen LogP contribution in [0.4, 0.5) is 0 Å². The number of imidazole rings is 1. The van der Waals surface area contributed by atoms with Crippen LogP contribution in [0.1, 0.15) is 20.7 Å². The second-order valence-electron chi connectivity index (χ2n) is 7.36. The molecule has 0 atom stereocenters. The van der Waals surface area contributed by atoms with E-state index in [1.54, 1.807) is 30.3 Å². The van der Waals surface area contributed by atoms with Crippen molar-refractivity contribution >= 4 is 63.6 Å². The SMILES string of the molecule is COC(=O)COc1cc(Cl)c(-c2nc3ccc(C(=O)NNC(=O)c4ccc(Cl)cc4)cc3[nH]2)c(Cl)c1. The topological polar surface area (TPSA) is 122 Å². The van der Waals surface area contributed by atoms with Crippen LogP contribution in [0.25, 0.3) is 22.4 Å². The number of hydrazine groups is 1. The third-order valence-corrected chi connectivity index (χ3v) is 5.82. The van der Waals surface area contributed by atoms with Crippen molar-refractivity contribution in [2.45, 2.75) is 0 Å². The smallest absolute Gasteiger partial charge is 0.343 e. The second kappa shape index (κ2) is 10.9. The maximum Gasteiger partial charge on any atom is 0.343 e. The molecule has 0 saturated carbocycles. The van der Waals surface area contributed by atoms with Gasteiger partial charge in [-0.15, -0.1) is 0 Å². The van der Waals surface area contributed by atoms with Crippen LogP contribution in [0.5, 0.6) is 5.75 Å². The van der Waals surface area contributed by atoms with Gasteiger partial charge in [0.25, 0.3) is 11.8 Å². The molecule has 9 nitrogen and oxygen atoms in total. The Labute approximate surface area is 219 Å². The number of amides is 2. The molecular formula is C24H17Cl3N4O5. The number of ether oxygens (including phenoxy) is 2. The monoisotopic (exact) mass is 546 g/mol. The third-order valence-electron chi connectivity index (χ3n) is 4.98. The predicted octanol–water partition coefficient (Wildman–Crippen LogP) is 4.82. The van der Waals surface area contributed by atoms with Gasteiger partial charge in [0.1, 0.15) is 11.6 Å². The van der Waals surface area contributed by atoms with Crippen LogP contribution in [-0.2, 0) is 9.53 Å². The van der Waals surface area contributed by atoms with Crippen molar-refractivity contribution < 1.29 is 23.9 Å². The first-order chi connectivity index (χ1) is 17.2. The van der Waals surface area contributed by atoms with Gasteiger partial charge in [0.05, 0.1) is 33.8 Å². The minimum Gasteiger partial charge on any atom is -0.482 e. The summed E-state index contributed by atoms with van der Waals surface area (Å²) in [5, 5.41) is 0.974. The number of aromatic nitrogens is 2. The lowest BCUT2D eigenvalue weighted by Crippen LogP contribution is -2.41. The number of carbonyl (C=O) groups excluding carboxylic acids is 3. The zero-order valence-corrected chi connectivity index (χ0v) is 20.8. The summed E-state index contributed by atoms with van der Waals surface area (Å²) in [6, 6.07) is 14.0. The Morgan fingerprint density at radius 3 is 2.14 bits per heavy atom. The number of rotatable bonds is 6. The number of nitrogens with one attached hydrogen (secondary N) is 3. The molecule has 4 aromatic rings. The van der Waals surface area contributed by atoms with Gasteiger partial charge >= 0.3 is 5.97 Å².